The Hall–Kier alpha value is -0.840. The fourth-order valence-electron chi connectivity index (χ4n) is 1.95. The number of ether oxygens (including phenoxy) is 2. The van der Waals surface area contributed by atoms with Crippen molar-refractivity contribution in [2.24, 2.45) is 0 Å². The zero-order valence-corrected chi connectivity index (χ0v) is 9.91. The molecule has 0 radical (unpaired) electrons. The van der Waals surface area contributed by atoms with Crippen molar-refractivity contribution in [3.05, 3.63) is 23.7 Å². The molecule has 1 aromatic heterocycles. The Morgan fingerprint density at radius 3 is 3.00 bits per heavy atom. The third-order valence-corrected chi connectivity index (χ3v) is 3.20. The summed E-state index contributed by atoms with van der Waals surface area (Å²) in [6.45, 7) is 5.04. The highest BCUT2D eigenvalue weighted by atomic mass is 16.5. The van der Waals surface area contributed by atoms with Crippen LogP contribution in [0.3, 0.4) is 0 Å². The second-order valence-corrected chi connectivity index (χ2v) is 4.32. The highest BCUT2D eigenvalue weighted by Crippen LogP contribution is 2.21. The van der Waals surface area contributed by atoms with Gasteiger partial charge >= 0.3 is 0 Å². The van der Waals surface area contributed by atoms with Gasteiger partial charge in [-0.2, -0.15) is 0 Å². The molecule has 1 atom stereocenters. The quantitative estimate of drug-likeness (QED) is 0.824. The summed E-state index contributed by atoms with van der Waals surface area (Å²) in [5, 5.41) is 3.36. The number of furan rings is 1. The lowest BCUT2D eigenvalue weighted by atomic mass is 10.0. The van der Waals surface area contributed by atoms with Gasteiger partial charge in [0.05, 0.1) is 19.4 Å². The summed E-state index contributed by atoms with van der Waals surface area (Å²) >= 11 is 0. The highest BCUT2D eigenvalue weighted by molar-refractivity contribution is 5.14. The molecule has 16 heavy (non-hydrogen) atoms. The molecule has 1 unspecified atom stereocenters. The van der Waals surface area contributed by atoms with Crippen molar-refractivity contribution >= 4 is 0 Å². The number of hydrogen-bond acceptors (Lipinski definition) is 4. The first-order chi connectivity index (χ1) is 7.76. The predicted molar refractivity (Wildman–Crippen MR) is 60.3 cm³/mol. The standard InChI is InChI=1S/C12H19NO3/c1-10-3-5-16-11(10)7-13-8-12(14-2)4-6-15-9-12/h3,5,13H,4,6-9H2,1-2H3. The highest BCUT2D eigenvalue weighted by Gasteiger charge is 2.34. The van der Waals surface area contributed by atoms with Crippen LogP contribution in [-0.4, -0.2) is 32.5 Å². The van der Waals surface area contributed by atoms with Crippen LogP contribution in [0.1, 0.15) is 17.7 Å². The molecular weight excluding hydrogens is 206 g/mol. The Balaban J connectivity index is 1.81. The molecule has 1 saturated heterocycles. The van der Waals surface area contributed by atoms with Gasteiger partial charge < -0.3 is 19.2 Å². The van der Waals surface area contributed by atoms with Crippen molar-refractivity contribution in [3.8, 4) is 0 Å². The Morgan fingerprint density at radius 1 is 1.56 bits per heavy atom. The van der Waals surface area contributed by atoms with E-state index in [2.05, 4.69) is 5.32 Å². The van der Waals surface area contributed by atoms with Gasteiger partial charge in [0.2, 0.25) is 0 Å². The summed E-state index contributed by atoms with van der Waals surface area (Å²) in [6.07, 6.45) is 2.67. The lowest BCUT2D eigenvalue weighted by molar-refractivity contribution is -0.0161. The van der Waals surface area contributed by atoms with E-state index in [1.54, 1.807) is 13.4 Å². The zero-order valence-electron chi connectivity index (χ0n) is 9.91. The van der Waals surface area contributed by atoms with Crippen LogP contribution in [0.4, 0.5) is 0 Å². The maximum atomic E-state index is 5.53. The van der Waals surface area contributed by atoms with Gasteiger partial charge in [0.25, 0.3) is 0 Å². The third kappa shape index (κ3) is 2.45. The maximum Gasteiger partial charge on any atom is 0.120 e. The fraction of sp³-hybridized carbons (Fsp3) is 0.667. The summed E-state index contributed by atoms with van der Waals surface area (Å²) in [5.41, 5.74) is 1.03. The number of nitrogens with one attached hydrogen (secondary N) is 1. The second-order valence-electron chi connectivity index (χ2n) is 4.32. The van der Waals surface area contributed by atoms with Crippen LogP contribution in [-0.2, 0) is 16.0 Å². The van der Waals surface area contributed by atoms with Crippen molar-refractivity contribution in [1.29, 1.82) is 0 Å². The smallest absolute Gasteiger partial charge is 0.120 e. The van der Waals surface area contributed by atoms with E-state index in [1.165, 1.54) is 5.56 Å². The molecule has 90 valence electrons. The average molecular weight is 225 g/mol. The molecule has 4 heteroatoms. The van der Waals surface area contributed by atoms with Crippen molar-refractivity contribution in [3.63, 3.8) is 0 Å². The van der Waals surface area contributed by atoms with E-state index in [9.17, 15) is 0 Å². The van der Waals surface area contributed by atoms with Crippen molar-refractivity contribution < 1.29 is 13.9 Å². The molecule has 0 amide bonds. The van der Waals surface area contributed by atoms with Crippen LogP contribution in [0.15, 0.2) is 16.7 Å². The first-order valence-electron chi connectivity index (χ1n) is 5.62. The van der Waals surface area contributed by atoms with E-state index < -0.39 is 0 Å². The molecular formula is C12H19NO3. The SMILES string of the molecule is COC1(CNCc2occc2C)CCOC1. The molecule has 1 aliphatic rings. The van der Waals surface area contributed by atoms with Crippen molar-refractivity contribution in [1.82, 2.24) is 5.32 Å². The summed E-state index contributed by atoms with van der Waals surface area (Å²) < 4.78 is 16.3. The first-order valence-corrected chi connectivity index (χ1v) is 5.62. The largest absolute Gasteiger partial charge is 0.468 e. The van der Waals surface area contributed by atoms with E-state index >= 15 is 0 Å². The average Bonchev–Trinajstić information content (AvgIpc) is 2.90. The fourth-order valence-corrected chi connectivity index (χ4v) is 1.95. The summed E-state index contributed by atoms with van der Waals surface area (Å²) in [6, 6.07) is 1.97. The number of aryl methyl sites for hydroxylation is 1. The molecule has 2 rings (SSSR count). The molecule has 4 nitrogen and oxygen atoms in total. The zero-order chi connectivity index (χ0) is 11.4. The van der Waals surface area contributed by atoms with E-state index in [0.717, 1.165) is 31.9 Å². The van der Waals surface area contributed by atoms with Crippen LogP contribution in [0.25, 0.3) is 0 Å². The van der Waals surface area contributed by atoms with E-state index in [0.29, 0.717) is 6.61 Å². The van der Waals surface area contributed by atoms with Gasteiger partial charge in [-0.05, 0) is 18.6 Å². The van der Waals surface area contributed by atoms with Gasteiger partial charge in [0.1, 0.15) is 11.4 Å². The molecule has 2 heterocycles. The Kier molecular flexibility index (Phi) is 3.63. The van der Waals surface area contributed by atoms with Gasteiger partial charge in [-0.1, -0.05) is 0 Å². The Bertz CT molecular complexity index is 329. The van der Waals surface area contributed by atoms with Gasteiger partial charge in [-0.25, -0.2) is 0 Å². The molecule has 0 aromatic carbocycles. The van der Waals surface area contributed by atoms with Gasteiger partial charge in [-0.3, -0.25) is 0 Å². The molecule has 1 fully saturated rings. The molecule has 0 aliphatic carbocycles. The topological polar surface area (TPSA) is 43.6 Å². The molecule has 0 saturated carbocycles. The predicted octanol–water partition coefficient (Wildman–Crippen LogP) is 1.48. The minimum atomic E-state index is -0.152. The molecule has 0 bridgehead atoms. The van der Waals surface area contributed by atoms with E-state index in [-0.39, 0.29) is 5.60 Å². The molecule has 1 aromatic rings. The number of rotatable bonds is 5. The first kappa shape index (κ1) is 11.6. The van der Waals surface area contributed by atoms with Crippen molar-refractivity contribution in [2.75, 3.05) is 26.9 Å². The summed E-state index contributed by atoms with van der Waals surface area (Å²) in [7, 11) is 1.74. The molecule has 1 N–H and O–H groups in total. The Morgan fingerprint density at radius 2 is 2.44 bits per heavy atom. The van der Waals surface area contributed by atoms with E-state index in [4.69, 9.17) is 13.9 Å². The summed E-state index contributed by atoms with van der Waals surface area (Å²) in [4.78, 5) is 0. The molecule has 1 aliphatic heterocycles. The second kappa shape index (κ2) is 4.99. The van der Waals surface area contributed by atoms with Crippen LogP contribution >= 0.6 is 0 Å². The third-order valence-electron chi connectivity index (χ3n) is 3.20. The molecule has 0 spiro atoms. The summed E-state index contributed by atoms with van der Waals surface area (Å²) in [5.74, 6) is 0.991. The minimum absolute atomic E-state index is 0.152. The minimum Gasteiger partial charge on any atom is -0.468 e. The lowest BCUT2D eigenvalue weighted by Crippen LogP contribution is -2.42. The van der Waals surface area contributed by atoms with Crippen LogP contribution in [0.5, 0.6) is 0 Å². The van der Waals surface area contributed by atoms with Gasteiger partial charge in [0.15, 0.2) is 0 Å². The van der Waals surface area contributed by atoms with Crippen LogP contribution in [0, 0.1) is 6.92 Å². The van der Waals surface area contributed by atoms with E-state index in [1.807, 2.05) is 13.0 Å². The van der Waals surface area contributed by atoms with Crippen molar-refractivity contribution in [2.45, 2.75) is 25.5 Å². The van der Waals surface area contributed by atoms with Crippen LogP contribution in [0.2, 0.25) is 0 Å². The lowest BCUT2D eigenvalue weighted by Gasteiger charge is -2.25. The van der Waals surface area contributed by atoms with Gasteiger partial charge in [0, 0.05) is 26.7 Å². The Labute approximate surface area is 95.9 Å². The normalized spacial score (nSPS) is 25.1. The number of hydrogen-bond donors (Lipinski definition) is 1. The maximum absolute atomic E-state index is 5.53. The van der Waals surface area contributed by atoms with Gasteiger partial charge in [-0.15, -0.1) is 0 Å². The van der Waals surface area contributed by atoms with Crippen LogP contribution < -0.4 is 5.32 Å². The monoisotopic (exact) mass is 225 g/mol. The number of methoxy groups -OCH3 is 1.